The van der Waals surface area contributed by atoms with Crippen molar-refractivity contribution < 1.29 is 33.2 Å². The van der Waals surface area contributed by atoms with Gasteiger partial charge in [0.1, 0.15) is 5.97 Å². The van der Waals surface area contributed by atoms with Gasteiger partial charge >= 0.3 is 18.9 Å². The molecule has 0 atom stereocenters. The summed E-state index contributed by atoms with van der Waals surface area (Å²) in [6, 6.07) is 0. The van der Waals surface area contributed by atoms with E-state index in [2.05, 4.69) is 10.2 Å². The Morgan fingerprint density at radius 3 is 2.58 bits per heavy atom. The number of aromatic carboxylic acids is 1. The summed E-state index contributed by atoms with van der Waals surface area (Å²) in [5.74, 6) is -1.13. The Bertz CT molecular complexity index is 295. The van der Waals surface area contributed by atoms with E-state index < -0.39 is 11.9 Å². The predicted molar refractivity (Wildman–Crippen MR) is 30.6 cm³/mol. The molecule has 0 aliphatic heterocycles. The van der Waals surface area contributed by atoms with Crippen LogP contribution in [0.5, 0.6) is 0 Å². The fourth-order valence-corrected chi connectivity index (χ4v) is 0.812. The summed E-state index contributed by atoms with van der Waals surface area (Å²) in [6.07, 6.45) is 2.02. The van der Waals surface area contributed by atoms with E-state index in [0.717, 1.165) is 12.8 Å². The number of carbonyl (C=O) groups is 1. The van der Waals surface area contributed by atoms with Crippen LogP contribution in [-0.4, -0.2) is 16.2 Å². The second-order valence-electron chi connectivity index (χ2n) is 2.51. The second-order valence-corrected chi connectivity index (χ2v) is 2.51. The van der Waals surface area contributed by atoms with E-state index in [0.29, 0.717) is 5.89 Å². The first kappa shape index (κ1) is 9.30. The average molecular weight is 160 g/mol. The normalized spacial score (nSPS) is 15.3. The Hall–Kier alpha value is -0.793. The molecule has 0 saturated heterocycles. The van der Waals surface area contributed by atoms with Gasteiger partial charge in [0.05, 0.1) is 0 Å². The third kappa shape index (κ3) is 1.68. The van der Waals surface area contributed by atoms with Crippen LogP contribution in [0.2, 0.25) is 0 Å². The third-order valence-electron chi connectivity index (χ3n) is 1.54. The van der Waals surface area contributed by atoms with Crippen LogP contribution < -0.4 is 24.0 Å². The van der Waals surface area contributed by atoms with Crippen molar-refractivity contribution in [1.29, 1.82) is 0 Å². The molecule has 1 fully saturated rings. The van der Waals surface area contributed by atoms with Gasteiger partial charge < -0.3 is 14.3 Å². The maximum Gasteiger partial charge on any atom is 1.00 e. The van der Waals surface area contributed by atoms with Crippen LogP contribution in [0.1, 0.15) is 35.3 Å². The van der Waals surface area contributed by atoms with Crippen LogP contribution in [0.3, 0.4) is 0 Å². The molecule has 1 aromatic rings. The van der Waals surface area contributed by atoms with Crippen LogP contribution in [0.15, 0.2) is 4.42 Å². The number of carbonyl (C=O) groups excluding carboxylic acids is 1. The fraction of sp³-hybridized carbons (Fsp3) is 0.500. The van der Waals surface area contributed by atoms with Crippen molar-refractivity contribution in [2.75, 3.05) is 0 Å². The molecule has 6 heteroatoms. The van der Waals surface area contributed by atoms with E-state index in [1.54, 1.807) is 0 Å². The summed E-state index contributed by atoms with van der Waals surface area (Å²) < 4.78 is 4.78. The van der Waals surface area contributed by atoms with Gasteiger partial charge in [0, 0.05) is 5.92 Å². The van der Waals surface area contributed by atoms with Gasteiger partial charge in [-0.1, -0.05) is 0 Å². The first-order valence-electron chi connectivity index (χ1n) is 3.32. The summed E-state index contributed by atoms with van der Waals surface area (Å²) in [5.41, 5.74) is 0. The fourth-order valence-electron chi connectivity index (χ4n) is 0.812. The van der Waals surface area contributed by atoms with Crippen molar-refractivity contribution in [3.05, 3.63) is 11.8 Å². The predicted octanol–water partition coefficient (Wildman–Crippen LogP) is -3.69. The van der Waals surface area contributed by atoms with Crippen molar-refractivity contribution in [1.82, 2.24) is 10.2 Å². The van der Waals surface area contributed by atoms with Gasteiger partial charge in [0.15, 0.2) is 0 Å². The van der Waals surface area contributed by atoms with E-state index in [-0.39, 0.29) is 24.8 Å². The molecule has 0 N–H and O–H groups in total. The molecule has 2 rings (SSSR count). The zero-order valence-corrected chi connectivity index (χ0v) is 6.61. The molecule has 1 heterocycles. The molecule has 0 amide bonds. The largest absolute Gasteiger partial charge is 1.00 e. The van der Waals surface area contributed by atoms with Gasteiger partial charge in [-0.2, -0.15) is 0 Å². The Kier molecular flexibility index (Phi) is 2.55. The molecule has 0 radical (unpaired) electrons. The first-order chi connectivity index (χ1) is 5.27. The Balaban J connectivity index is 0.000000720. The molecule has 1 aliphatic carbocycles. The first-order valence-corrected chi connectivity index (χ1v) is 3.32. The zero-order chi connectivity index (χ0) is 7.84. The van der Waals surface area contributed by atoms with Gasteiger partial charge in [-0.05, 0) is 12.8 Å². The standard InChI is InChI=1S/C6H6N2O3.Li/c9-6(10)5-8-7-4(11-5)3-1-2-3;/h3H,1-2H2,(H,9,10);/q;+1/p-1. The van der Waals surface area contributed by atoms with Gasteiger partial charge in [-0.25, -0.2) is 0 Å². The van der Waals surface area contributed by atoms with Crippen molar-refractivity contribution in [3.8, 4) is 0 Å². The molecule has 0 unspecified atom stereocenters. The molecular weight excluding hydrogens is 155 g/mol. The number of carboxylic acids is 1. The van der Waals surface area contributed by atoms with E-state index in [9.17, 15) is 9.90 Å². The minimum absolute atomic E-state index is 0. The number of hydrogen-bond donors (Lipinski definition) is 0. The molecule has 5 nitrogen and oxygen atoms in total. The minimum atomic E-state index is -1.41. The van der Waals surface area contributed by atoms with Crippen molar-refractivity contribution in [2.45, 2.75) is 18.8 Å². The summed E-state index contributed by atoms with van der Waals surface area (Å²) >= 11 is 0. The van der Waals surface area contributed by atoms with Crippen LogP contribution in [0.25, 0.3) is 0 Å². The average Bonchev–Trinajstić information content (AvgIpc) is 2.68. The topological polar surface area (TPSA) is 79.0 Å². The van der Waals surface area contributed by atoms with Gasteiger partial charge in [-0.15, -0.1) is 10.2 Å². The molecule has 0 aromatic carbocycles. The van der Waals surface area contributed by atoms with E-state index in [4.69, 9.17) is 4.42 Å². The Labute approximate surface area is 80.3 Å². The summed E-state index contributed by atoms with van der Waals surface area (Å²) in [5, 5.41) is 17.0. The molecule has 58 valence electrons. The van der Waals surface area contributed by atoms with Crippen molar-refractivity contribution >= 4 is 5.97 Å². The molecule has 0 spiro atoms. The number of rotatable bonds is 2. The van der Waals surface area contributed by atoms with Gasteiger partial charge in [0.2, 0.25) is 5.89 Å². The quantitative estimate of drug-likeness (QED) is 0.416. The second kappa shape index (κ2) is 3.29. The number of nitrogens with zero attached hydrogens (tertiary/aromatic N) is 2. The van der Waals surface area contributed by atoms with Crippen molar-refractivity contribution in [3.63, 3.8) is 0 Å². The van der Waals surface area contributed by atoms with Gasteiger partial charge in [0.25, 0.3) is 5.89 Å². The Morgan fingerprint density at radius 2 is 2.17 bits per heavy atom. The van der Waals surface area contributed by atoms with Crippen LogP contribution in [0.4, 0.5) is 0 Å². The van der Waals surface area contributed by atoms with Crippen LogP contribution in [0, 0.1) is 0 Å². The zero-order valence-electron chi connectivity index (χ0n) is 6.61. The summed E-state index contributed by atoms with van der Waals surface area (Å²) in [6.45, 7) is 0. The molecular formula is C6H5LiN2O3. The SMILES string of the molecule is O=C([O-])c1nnc(C2CC2)o1.[Li+]. The third-order valence-corrected chi connectivity index (χ3v) is 1.54. The molecule has 1 saturated carbocycles. The summed E-state index contributed by atoms with van der Waals surface area (Å²) in [4.78, 5) is 10.1. The molecule has 1 aliphatic rings. The van der Waals surface area contributed by atoms with E-state index >= 15 is 0 Å². The summed E-state index contributed by atoms with van der Waals surface area (Å²) in [7, 11) is 0. The smallest absolute Gasteiger partial charge is 0.540 e. The molecule has 12 heavy (non-hydrogen) atoms. The maximum atomic E-state index is 10.1. The van der Waals surface area contributed by atoms with Crippen molar-refractivity contribution in [2.24, 2.45) is 0 Å². The number of carboxylic acid groups (broad SMARTS) is 1. The van der Waals surface area contributed by atoms with Crippen LogP contribution >= 0.6 is 0 Å². The van der Waals surface area contributed by atoms with E-state index in [1.807, 2.05) is 0 Å². The molecule has 0 bridgehead atoms. The van der Waals surface area contributed by atoms with Crippen LogP contribution in [-0.2, 0) is 0 Å². The number of aromatic nitrogens is 2. The van der Waals surface area contributed by atoms with Gasteiger partial charge in [-0.3, -0.25) is 0 Å². The maximum absolute atomic E-state index is 10.1. The number of hydrogen-bond acceptors (Lipinski definition) is 5. The minimum Gasteiger partial charge on any atom is -0.540 e. The molecule has 1 aromatic heterocycles. The van der Waals surface area contributed by atoms with E-state index in [1.165, 1.54) is 0 Å². The Morgan fingerprint density at radius 1 is 1.50 bits per heavy atom. The monoisotopic (exact) mass is 160 g/mol.